The number of nitrogens with two attached hydrogens (primary N) is 1. The van der Waals surface area contributed by atoms with Crippen LogP contribution in [0.25, 0.3) is 0 Å². The Morgan fingerprint density at radius 2 is 1.40 bits per heavy atom. The van der Waals surface area contributed by atoms with E-state index in [0.29, 0.717) is 6.42 Å². The number of amides is 3. The maximum Gasteiger partial charge on any atom is 0.326 e. The fourth-order valence-corrected chi connectivity index (χ4v) is 2.77. The van der Waals surface area contributed by atoms with E-state index in [2.05, 4.69) is 28.6 Å². The van der Waals surface area contributed by atoms with Crippen molar-refractivity contribution in [2.75, 3.05) is 5.75 Å². The molecule has 3 amide bonds. The predicted octanol–water partition coefficient (Wildman–Crippen LogP) is -1.04. The number of thiol groups is 1. The fourth-order valence-electron chi connectivity index (χ4n) is 2.51. The second-order valence-corrected chi connectivity index (χ2v) is 8.07. The molecule has 0 saturated carbocycles. The molecule has 0 aliphatic rings. The van der Waals surface area contributed by atoms with Gasteiger partial charge in [0, 0.05) is 5.75 Å². The van der Waals surface area contributed by atoms with E-state index in [1.807, 2.05) is 13.8 Å². The van der Waals surface area contributed by atoms with Crippen LogP contribution in [0.2, 0.25) is 0 Å². The predicted molar refractivity (Wildman–Crippen MR) is 112 cm³/mol. The Morgan fingerprint density at radius 3 is 1.80 bits per heavy atom. The van der Waals surface area contributed by atoms with Crippen LogP contribution < -0.4 is 21.7 Å². The lowest BCUT2D eigenvalue weighted by Crippen LogP contribution is -2.59. The van der Waals surface area contributed by atoms with Crippen molar-refractivity contribution in [2.24, 2.45) is 17.6 Å². The highest BCUT2D eigenvalue weighted by molar-refractivity contribution is 7.80. The fraction of sp³-hybridized carbons (Fsp3) is 0.722. The summed E-state index contributed by atoms with van der Waals surface area (Å²) < 4.78 is 0. The first-order valence-corrected chi connectivity index (χ1v) is 10.1. The minimum Gasteiger partial charge on any atom is -0.481 e. The second kappa shape index (κ2) is 13.1. The molecule has 0 radical (unpaired) electrons. The number of rotatable bonds is 13. The van der Waals surface area contributed by atoms with Crippen molar-refractivity contribution >= 4 is 42.3 Å². The van der Waals surface area contributed by atoms with Crippen molar-refractivity contribution in [3.05, 3.63) is 0 Å². The van der Waals surface area contributed by atoms with Crippen LogP contribution in [0.3, 0.4) is 0 Å². The number of carboxylic acids is 2. The van der Waals surface area contributed by atoms with E-state index in [0.717, 1.165) is 0 Å². The molecule has 12 heteroatoms. The van der Waals surface area contributed by atoms with Gasteiger partial charge in [-0.2, -0.15) is 12.6 Å². The van der Waals surface area contributed by atoms with E-state index < -0.39 is 60.2 Å². The third-order valence-corrected chi connectivity index (χ3v) is 4.48. The van der Waals surface area contributed by atoms with E-state index >= 15 is 0 Å². The lowest BCUT2D eigenvalue weighted by molar-refractivity contribution is -0.147. The summed E-state index contributed by atoms with van der Waals surface area (Å²) in [6.45, 7) is 7.21. The van der Waals surface area contributed by atoms with E-state index in [-0.39, 0.29) is 17.6 Å². The summed E-state index contributed by atoms with van der Waals surface area (Å²) in [6.07, 6.45) is -0.396. The number of hydrogen-bond donors (Lipinski definition) is 7. The molecule has 0 bridgehead atoms. The number of hydrogen-bond acceptors (Lipinski definition) is 7. The molecular weight excluding hydrogens is 416 g/mol. The molecule has 7 N–H and O–H groups in total. The molecule has 4 unspecified atom stereocenters. The lowest BCUT2D eigenvalue weighted by Gasteiger charge is -2.26. The van der Waals surface area contributed by atoms with Crippen LogP contribution in [0.1, 0.15) is 40.5 Å². The van der Waals surface area contributed by atoms with Crippen molar-refractivity contribution in [3.63, 3.8) is 0 Å². The molecule has 0 rings (SSSR count). The highest BCUT2D eigenvalue weighted by Gasteiger charge is 2.31. The van der Waals surface area contributed by atoms with Gasteiger partial charge < -0.3 is 31.9 Å². The van der Waals surface area contributed by atoms with Gasteiger partial charge in [-0.05, 0) is 18.3 Å². The van der Waals surface area contributed by atoms with Gasteiger partial charge in [0.05, 0.1) is 12.5 Å². The minimum absolute atomic E-state index is 0.178. The number of carboxylic acid groups (broad SMARTS) is 2. The van der Waals surface area contributed by atoms with Crippen LogP contribution in [0.4, 0.5) is 0 Å². The molecule has 30 heavy (non-hydrogen) atoms. The van der Waals surface area contributed by atoms with Gasteiger partial charge in [0.1, 0.15) is 18.1 Å². The van der Waals surface area contributed by atoms with Gasteiger partial charge in [-0.1, -0.05) is 27.7 Å². The summed E-state index contributed by atoms with van der Waals surface area (Å²) in [7, 11) is 0. The van der Waals surface area contributed by atoms with Crippen molar-refractivity contribution in [3.8, 4) is 0 Å². The monoisotopic (exact) mass is 448 g/mol. The molecule has 0 aliphatic heterocycles. The summed E-state index contributed by atoms with van der Waals surface area (Å²) in [6, 6.07) is -4.68. The molecule has 0 fully saturated rings. The van der Waals surface area contributed by atoms with Gasteiger partial charge in [0.15, 0.2) is 0 Å². The molecular formula is C18H32N4O7S. The first kappa shape index (κ1) is 27.7. The lowest BCUT2D eigenvalue weighted by atomic mass is 10.00. The molecule has 0 spiro atoms. The van der Waals surface area contributed by atoms with Crippen molar-refractivity contribution in [1.29, 1.82) is 0 Å². The first-order chi connectivity index (χ1) is 13.8. The van der Waals surface area contributed by atoms with Crippen molar-refractivity contribution in [2.45, 2.75) is 64.7 Å². The molecule has 11 nitrogen and oxygen atoms in total. The summed E-state index contributed by atoms with van der Waals surface area (Å²) in [5.41, 5.74) is 5.84. The Kier molecular flexibility index (Phi) is 12.0. The van der Waals surface area contributed by atoms with Gasteiger partial charge >= 0.3 is 11.9 Å². The van der Waals surface area contributed by atoms with Crippen LogP contribution in [-0.2, 0) is 24.0 Å². The Labute approximate surface area is 180 Å². The quantitative estimate of drug-likeness (QED) is 0.174. The van der Waals surface area contributed by atoms with Crippen LogP contribution >= 0.6 is 12.6 Å². The number of carbonyl (C=O) groups excluding carboxylic acids is 3. The van der Waals surface area contributed by atoms with Crippen molar-refractivity contribution < 1.29 is 34.2 Å². The Balaban J connectivity index is 5.17. The SMILES string of the molecule is CC(C)CC(N)C(=O)NC(C(=O)NC(CS)C(=O)NC(CC(=O)O)C(=O)O)C(C)C. The van der Waals surface area contributed by atoms with Crippen LogP contribution in [0, 0.1) is 11.8 Å². The van der Waals surface area contributed by atoms with Crippen molar-refractivity contribution in [1.82, 2.24) is 16.0 Å². The Hall–Kier alpha value is -2.34. The molecule has 4 atom stereocenters. The molecule has 172 valence electrons. The zero-order valence-electron chi connectivity index (χ0n) is 17.5. The number of aliphatic carboxylic acids is 2. The third kappa shape index (κ3) is 9.92. The van der Waals surface area contributed by atoms with Crippen LogP contribution in [0.5, 0.6) is 0 Å². The standard InChI is InChI=1S/C18H32N4O7S/c1-8(2)5-10(19)15(25)22-14(9(3)4)17(27)21-12(7-30)16(26)20-11(18(28)29)6-13(23)24/h8-12,14,30H,5-7,19H2,1-4H3,(H,20,26)(H,21,27)(H,22,25)(H,23,24)(H,28,29). The summed E-state index contributed by atoms with van der Waals surface area (Å²) in [5.74, 6) is -5.34. The Bertz CT molecular complexity index is 642. The zero-order chi connectivity index (χ0) is 23.6. The number of nitrogens with one attached hydrogen (secondary N) is 3. The molecule has 0 aromatic carbocycles. The molecule has 0 aromatic rings. The normalized spacial score (nSPS) is 15.1. The van der Waals surface area contributed by atoms with E-state index in [4.69, 9.17) is 15.9 Å². The van der Waals surface area contributed by atoms with E-state index in [1.165, 1.54) is 0 Å². The average Bonchev–Trinajstić information content (AvgIpc) is 2.61. The zero-order valence-corrected chi connectivity index (χ0v) is 18.4. The highest BCUT2D eigenvalue weighted by atomic mass is 32.1. The van der Waals surface area contributed by atoms with Gasteiger partial charge in [0.25, 0.3) is 0 Å². The van der Waals surface area contributed by atoms with Gasteiger partial charge in [0.2, 0.25) is 17.7 Å². The Morgan fingerprint density at radius 1 is 0.867 bits per heavy atom. The topological polar surface area (TPSA) is 188 Å². The molecule has 0 aliphatic carbocycles. The van der Waals surface area contributed by atoms with E-state index in [1.54, 1.807) is 13.8 Å². The molecule has 0 aromatic heterocycles. The van der Waals surface area contributed by atoms with E-state index in [9.17, 15) is 24.0 Å². The maximum atomic E-state index is 12.6. The van der Waals surface area contributed by atoms with Crippen LogP contribution in [0.15, 0.2) is 0 Å². The largest absolute Gasteiger partial charge is 0.481 e. The average molecular weight is 449 g/mol. The van der Waals surface area contributed by atoms with Gasteiger partial charge in [-0.25, -0.2) is 4.79 Å². The highest BCUT2D eigenvalue weighted by Crippen LogP contribution is 2.07. The van der Waals surface area contributed by atoms with Crippen LogP contribution in [-0.4, -0.2) is 69.8 Å². The summed E-state index contributed by atoms with van der Waals surface area (Å²) in [4.78, 5) is 59.1. The first-order valence-electron chi connectivity index (χ1n) is 9.52. The summed E-state index contributed by atoms with van der Waals surface area (Å²) >= 11 is 3.99. The minimum atomic E-state index is -1.66. The maximum absolute atomic E-state index is 12.6. The van der Waals surface area contributed by atoms with Gasteiger partial charge in [-0.3, -0.25) is 19.2 Å². The van der Waals surface area contributed by atoms with Gasteiger partial charge in [-0.15, -0.1) is 0 Å². The molecule has 0 heterocycles. The third-order valence-electron chi connectivity index (χ3n) is 4.12. The number of carbonyl (C=O) groups is 5. The summed E-state index contributed by atoms with van der Waals surface area (Å²) in [5, 5.41) is 24.8. The smallest absolute Gasteiger partial charge is 0.326 e. The molecule has 0 saturated heterocycles. The second-order valence-electron chi connectivity index (χ2n) is 7.71.